The summed E-state index contributed by atoms with van der Waals surface area (Å²) in [6.45, 7) is 7.99. The van der Waals surface area contributed by atoms with Crippen LogP contribution in [0.4, 0.5) is 0 Å². The van der Waals surface area contributed by atoms with Gasteiger partial charge in [0.05, 0.1) is 25.5 Å². The van der Waals surface area contributed by atoms with Crippen LogP contribution in [0.5, 0.6) is 17.2 Å². The summed E-state index contributed by atoms with van der Waals surface area (Å²) < 4.78 is 16.2. The molecule has 0 aliphatic carbocycles. The van der Waals surface area contributed by atoms with Crippen LogP contribution in [0.2, 0.25) is 0 Å². The molecule has 0 saturated carbocycles. The fourth-order valence-electron chi connectivity index (χ4n) is 1.53. The highest BCUT2D eigenvalue weighted by Crippen LogP contribution is 2.38. The average molecular weight is 234 g/mol. The Labute approximate surface area is 102 Å². The van der Waals surface area contributed by atoms with Crippen molar-refractivity contribution in [1.82, 2.24) is 0 Å². The molecule has 3 nitrogen and oxygen atoms in total. The molecule has 1 aromatic rings. The molecular weight excluding hydrogens is 216 g/mol. The van der Waals surface area contributed by atoms with Gasteiger partial charge in [-0.3, -0.25) is 0 Å². The SMILES string of the molecule is C=COc1ccc(OC)c(OCC)c1/C=C/C. The third kappa shape index (κ3) is 3.03. The van der Waals surface area contributed by atoms with E-state index in [0.29, 0.717) is 23.9 Å². The van der Waals surface area contributed by atoms with Gasteiger partial charge in [0.2, 0.25) is 0 Å². The quantitative estimate of drug-likeness (QED) is 0.703. The molecule has 0 aromatic heterocycles. The molecule has 0 heterocycles. The van der Waals surface area contributed by atoms with E-state index >= 15 is 0 Å². The van der Waals surface area contributed by atoms with Crippen molar-refractivity contribution in [1.29, 1.82) is 0 Å². The molecule has 92 valence electrons. The van der Waals surface area contributed by atoms with E-state index in [1.165, 1.54) is 6.26 Å². The number of methoxy groups -OCH3 is 1. The van der Waals surface area contributed by atoms with Crippen molar-refractivity contribution >= 4 is 6.08 Å². The second-order valence-corrected chi connectivity index (χ2v) is 3.23. The molecule has 0 saturated heterocycles. The Bertz CT molecular complexity index is 408. The van der Waals surface area contributed by atoms with Crippen LogP contribution in [0.3, 0.4) is 0 Å². The third-order valence-electron chi connectivity index (χ3n) is 2.17. The van der Waals surface area contributed by atoms with E-state index in [0.717, 1.165) is 5.56 Å². The topological polar surface area (TPSA) is 27.7 Å². The Kier molecular flexibility index (Phi) is 5.14. The first-order chi connectivity index (χ1) is 8.28. The number of hydrogen-bond donors (Lipinski definition) is 0. The molecule has 1 rings (SSSR count). The predicted molar refractivity (Wildman–Crippen MR) is 69.7 cm³/mol. The summed E-state index contributed by atoms with van der Waals surface area (Å²) >= 11 is 0. The largest absolute Gasteiger partial charge is 0.493 e. The molecule has 17 heavy (non-hydrogen) atoms. The maximum Gasteiger partial charge on any atom is 0.172 e. The van der Waals surface area contributed by atoms with Crippen LogP contribution >= 0.6 is 0 Å². The van der Waals surface area contributed by atoms with E-state index in [9.17, 15) is 0 Å². The number of rotatable bonds is 6. The first-order valence-corrected chi connectivity index (χ1v) is 5.52. The maximum atomic E-state index is 5.61. The van der Waals surface area contributed by atoms with Crippen LogP contribution in [0, 0.1) is 0 Å². The summed E-state index contributed by atoms with van der Waals surface area (Å²) in [5, 5.41) is 0. The molecule has 0 spiro atoms. The van der Waals surface area contributed by atoms with E-state index in [1.807, 2.05) is 38.1 Å². The van der Waals surface area contributed by atoms with Crippen LogP contribution in [-0.2, 0) is 0 Å². The fourth-order valence-corrected chi connectivity index (χ4v) is 1.53. The molecule has 0 bridgehead atoms. The highest BCUT2D eigenvalue weighted by Gasteiger charge is 2.13. The summed E-state index contributed by atoms with van der Waals surface area (Å²) in [5.41, 5.74) is 0.855. The molecule has 0 fully saturated rings. The first-order valence-electron chi connectivity index (χ1n) is 5.52. The summed E-state index contributed by atoms with van der Waals surface area (Å²) in [4.78, 5) is 0. The Morgan fingerprint density at radius 3 is 2.53 bits per heavy atom. The molecule has 0 N–H and O–H groups in total. The van der Waals surface area contributed by atoms with Gasteiger partial charge in [-0.1, -0.05) is 18.7 Å². The van der Waals surface area contributed by atoms with Crippen LogP contribution in [0.15, 0.2) is 31.0 Å². The van der Waals surface area contributed by atoms with Gasteiger partial charge in [-0.15, -0.1) is 0 Å². The second-order valence-electron chi connectivity index (χ2n) is 3.23. The lowest BCUT2D eigenvalue weighted by atomic mass is 10.1. The lowest BCUT2D eigenvalue weighted by Gasteiger charge is -2.15. The highest BCUT2D eigenvalue weighted by molar-refractivity contribution is 5.68. The van der Waals surface area contributed by atoms with Crippen molar-refractivity contribution in [2.45, 2.75) is 13.8 Å². The maximum absolute atomic E-state index is 5.61. The molecule has 0 radical (unpaired) electrons. The van der Waals surface area contributed by atoms with Crippen LogP contribution in [0.1, 0.15) is 19.4 Å². The monoisotopic (exact) mass is 234 g/mol. The van der Waals surface area contributed by atoms with Gasteiger partial charge in [-0.05, 0) is 26.0 Å². The van der Waals surface area contributed by atoms with Gasteiger partial charge >= 0.3 is 0 Å². The van der Waals surface area contributed by atoms with Crippen LogP contribution in [-0.4, -0.2) is 13.7 Å². The Balaban J connectivity index is 3.35. The molecule has 0 atom stereocenters. The van der Waals surface area contributed by atoms with Gasteiger partial charge in [0.15, 0.2) is 11.5 Å². The second kappa shape index (κ2) is 6.63. The number of ether oxygens (including phenoxy) is 3. The molecule has 0 aliphatic rings. The zero-order chi connectivity index (χ0) is 12.7. The lowest BCUT2D eigenvalue weighted by molar-refractivity contribution is 0.308. The van der Waals surface area contributed by atoms with E-state index in [4.69, 9.17) is 14.2 Å². The summed E-state index contributed by atoms with van der Waals surface area (Å²) in [6.07, 6.45) is 5.24. The Hall–Kier alpha value is -1.90. The van der Waals surface area contributed by atoms with Gasteiger partial charge in [0.1, 0.15) is 5.75 Å². The third-order valence-corrected chi connectivity index (χ3v) is 2.17. The average Bonchev–Trinajstić information content (AvgIpc) is 2.34. The normalized spacial score (nSPS) is 10.3. The van der Waals surface area contributed by atoms with E-state index in [2.05, 4.69) is 6.58 Å². The van der Waals surface area contributed by atoms with Crippen molar-refractivity contribution in [2.24, 2.45) is 0 Å². The number of hydrogen-bond acceptors (Lipinski definition) is 3. The molecule has 0 unspecified atom stereocenters. The molecule has 1 aromatic carbocycles. The number of benzene rings is 1. The van der Waals surface area contributed by atoms with Gasteiger partial charge in [0, 0.05) is 0 Å². The Morgan fingerprint density at radius 2 is 2.00 bits per heavy atom. The minimum absolute atomic E-state index is 0.568. The predicted octanol–water partition coefficient (Wildman–Crippen LogP) is 3.65. The fraction of sp³-hybridized carbons (Fsp3) is 0.286. The van der Waals surface area contributed by atoms with Crippen molar-refractivity contribution in [2.75, 3.05) is 13.7 Å². The minimum atomic E-state index is 0.568. The molecular formula is C14H18O3. The first kappa shape index (κ1) is 13.2. The molecule has 3 heteroatoms. The van der Waals surface area contributed by atoms with Crippen molar-refractivity contribution in [3.8, 4) is 17.2 Å². The smallest absolute Gasteiger partial charge is 0.172 e. The molecule has 0 amide bonds. The summed E-state index contributed by atoms with van der Waals surface area (Å²) in [7, 11) is 1.62. The van der Waals surface area contributed by atoms with E-state index in [1.54, 1.807) is 7.11 Å². The summed E-state index contributed by atoms with van der Waals surface area (Å²) in [5.74, 6) is 2.08. The minimum Gasteiger partial charge on any atom is -0.493 e. The zero-order valence-electron chi connectivity index (χ0n) is 10.5. The van der Waals surface area contributed by atoms with E-state index < -0.39 is 0 Å². The summed E-state index contributed by atoms with van der Waals surface area (Å²) in [6, 6.07) is 3.65. The zero-order valence-corrected chi connectivity index (χ0v) is 10.5. The van der Waals surface area contributed by atoms with Crippen molar-refractivity contribution in [3.05, 3.63) is 36.6 Å². The van der Waals surface area contributed by atoms with Crippen molar-refractivity contribution < 1.29 is 14.2 Å². The van der Waals surface area contributed by atoms with Gasteiger partial charge in [-0.25, -0.2) is 0 Å². The standard InChI is InChI=1S/C14H18O3/c1-5-8-11-12(16-6-2)9-10-13(15-4)14(11)17-7-3/h5-6,8-10H,2,7H2,1,3-4H3/b8-5+. The van der Waals surface area contributed by atoms with Gasteiger partial charge in [0.25, 0.3) is 0 Å². The van der Waals surface area contributed by atoms with Gasteiger partial charge in [-0.2, -0.15) is 0 Å². The highest BCUT2D eigenvalue weighted by atomic mass is 16.5. The van der Waals surface area contributed by atoms with Crippen molar-refractivity contribution in [3.63, 3.8) is 0 Å². The molecule has 0 aliphatic heterocycles. The Morgan fingerprint density at radius 1 is 1.29 bits per heavy atom. The van der Waals surface area contributed by atoms with Gasteiger partial charge < -0.3 is 14.2 Å². The van der Waals surface area contributed by atoms with E-state index in [-0.39, 0.29) is 0 Å². The lowest BCUT2D eigenvalue weighted by Crippen LogP contribution is -1.99. The van der Waals surface area contributed by atoms with Crippen LogP contribution in [0.25, 0.3) is 6.08 Å². The van der Waals surface area contributed by atoms with Crippen LogP contribution < -0.4 is 14.2 Å². The number of allylic oxidation sites excluding steroid dienone is 1.